The van der Waals surface area contributed by atoms with Crippen molar-refractivity contribution in [2.75, 3.05) is 24.2 Å². The van der Waals surface area contributed by atoms with Crippen molar-refractivity contribution in [3.8, 4) is 0 Å². The molecular weight excluding hydrogens is 583 g/mol. The number of thioether (sulfide) groups is 2. The second kappa shape index (κ2) is 11.7. The third-order valence-electron chi connectivity index (χ3n) is 6.01. The third-order valence-corrected chi connectivity index (χ3v) is 8.76. The van der Waals surface area contributed by atoms with Crippen LogP contribution in [0.5, 0.6) is 0 Å². The Morgan fingerprint density at radius 2 is 2.23 bits per heavy atom. The Bertz CT molecular complexity index is 1310. The molecule has 2 saturated heterocycles. The van der Waals surface area contributed by atoms with Gasteiger partial charge in [-0.05, 0) is 22.6 Å². The quantitative estimate of drug-likeness (QED) is 0.0887. The van der Waals surface area contributed by atoms with Crippen LogP contribution in [0.2, 0.25) is 0 Å². The molecule has 4 rings (SSSR count). The number of carbonyl (C=O) groups excluding carboxylic acids is 3. The molecule has 4 N–H and O–H groups in total. The Kier molecular flexibility index (Phi) is 8.47. The Balaban J connectivity index is 1.49. The Morgan fingerprint density at radius 1 is 1.45 bits per heavy atom. The first-order valence-corrected chi connectivity index (χ1v) is 13.2. The van der Waals surface area contributed by atoms with Crippen molar-refractivity contribution >= 4 is 59.2 Å². The van der Waals surface area contributed by atoms with Gasteiger partial charge in [0.25, 0.3) is 5.91 Å². The molecule has 2 aromatic rings. The monoisotopic (exact) mass is 603 g/mol. The fraction of sp³-hybridized carbons (Fsp3) is 0.450. The maximum absolute atomic E-state index is 13.1. The third kappa shape index (κ3) is 6.11. The molecule has 3 amide bonds. The van der Waals surface area contributed by atoms with Crippen LogP contribution >= 0.6 is 23.5 Å². The van der Waals surface area contributed by atoms with Crippen LogP contribution < -0.4 is 10.6 Å². The zero-order valence-electron chi connectivity index (χ0n) is 20.3. The van der Waals surface area contributed by atoms with E-state index in [4.69, 9.17) is 0 Å². The van der Waals surface area contributed by atoms with Crippen LogP contribution in [0.15, 0.2) is 28.5 Å². The molecule has 2 aromatic heterocycles. The molecule has 0 aromatic carbocycles. The van der Waals surface area contributed by atoms with Gasteiger partial charge in [-0.25, -0.2) is 10.1 Å². The van der Waals surface area contributed by atoms with Crippen LogP contribution in [0.1, 0.15) is 12.6 Å². The molecule has 15 nitrogen and oxygen atoms in total. The molecule has 2 aliphatic rings. The van der Waals surface area contributed by atoms with E-state index in [1.807, 2.05) is 0 Å². The second-order valence-corrected chi connectivity index (χ2v) is 11.0. The molecule has 0 bridgehead atoms. The van der Waals surface area contributed by atoms with Crippen molar-refractivity contribution < 1.29 is 42.3 Å². The van der Waals surface area contributed by atoms with E-state index in [9.17, 15) is 37.5 Å². The summed E-state index contributed by atoms with van der Waals surface area (Å²) in [6.07, 6.45) is -4.43. The fourth-order valence-electron chi connectivity index (χ4n) is 3.92. The minimum absolute atomic E-state index is 0.0179. The lowest BCUT2D eigenvalue weighted by molar-refractivity contribution is -0.174. The minimum Gasteiger partial charge on any atom is -0.481 e. The van der Waals surface area contributed by atoms with E-state index < -0.39 is 58.4 Å². The van der Waals surface area contributed by atoms with Crippen LogP contribution in [-0.2, 0) is 24.0 Å². The number of hydrogen-bond acceptors (Lipinski definition) is 12. The van der Waals surface area contributed by atoms with Crippen LogP contribution in [0, 0.1) is 5.41 Å². The second-order valence-electron chi connectivity index (χ2n) is 8.55. The van der Waals surface area contributed by atoms with Gasteiger partial charge in [0.1, 0.15) is 28.3 Å². The van der Waals surface area contributed by atoms with Crippen molar-refractivity contribution in [2.45, 2.75) is 34.9 Å². The normalized spacial score (nSPS) is 23.4. The number of carbonyl (C=O) groups is 4. The number of alkyl halides is 3. The van der Waals surface area contributed by atoms with E-state index in [1.165, 1.54) is 23.1 Å². The predicted octanol–water partition coefficient (Wildman–Crippen LogP) is 0.0977. The summed E-state index contributed by atoms with van der Waals surface area (Å²) in [5, 5.41) is 30.4. The average molecular weight is 604 g/mol. The SMILES string of the molecule is CC(Sc1nnn[nH]1)C1(C(=O)O)CS[C@@H]2C(NC(=O)C(=NOCC(F)(F)F)c3cccc(NC=O)n3)C(=O)N2C1. The number of carboxylic acid groups (broad SMARTS) is 1. The standard InChI is InChI=1S/C20H20F3N9O6S2/c1-9(40-18-27-30-31-28-18)19(17(36)37)5-32-15(35)13(16(32)39-7-19)26-14(34)12(29-38-6-20(21,22)23)10-3-2-4-11(25-10)24-8-33/h2-4,8-9,13,16H,5-7H2,1H3,(H,26,34)(H,36,37)(H,24,25,33)(H,27,28,30,31)/t9?,13?,16-,19?/m1/s1. The summed E-state index contributed by atoms with van der Waals surface area (Å²) in [5.74, 6) is -2.72. The first kappa shape index (κ1) is 29.1. The highest BCUT2D eigenvalue weighted by Crippen LogP contribution is 2.47. The number of rotatable bonds is 11. The zero-order valence-corrected chi connectivity index (χ0v) is 21.9. The van der Waals surface area contributed by atoms with Gasteiger partial charge in [0.15, 0.2) is 5.71 Å². The Morgan fingerprint density at radius 3 is 2.88 bits per heavy atom. The van der Waals surface area contributed by atoms with E-state index >= 15 is 0 Å². The summed E-state index contributed by atoms with van der Waals surface area (Å²) in [6.45, 7) is -0.268. The number of H-pyrrole nitrogens is 1. The number of aliphatic carboxylic acids is 1. The number of hydrogen-bond donors (Lipinski definition) is 4. The maximum Gasteiger partial charge on any atom is 0.425 e. The van der Waals surface area contributed by atoms with Gasteiger partial charge < -0.3 is 25.5 Å². The van der Waals surface area contributed by atoms with Gasteiger partial charge in [-0.3, -0.25) is 19.2 Å². The first-order valence-electron chi connectivity index (χ1n) is 11.3. The number of oxime groups is 1. The first-order chi connectivity index (χ1) is 18.9. The highest BCUT2D eigenvalue weighted by Gasteiger charge is 2.59. The maximum atomic E-state index is 13.1. The van der Waals surface area contributed by atoms with Crippen molar-refractivity contribution in [3.63, 3.8) is 0 Å². The molecule has 40 heavy (non-hydrogen) atoms. The average Bonchev–Trinajstić information content (AvgIpc) is 3.41. The van der Waals surface area contributed by atoms with Crippen LogP contribution in [0.3, 0.4) is 0 Å². The van der Waals surface area contributed by atoms with Gasteiger partial charge in [-0.15, -0.1) is 16.9 Å². The molecule has 0 spiro atoms. The number of nitrogens with zero attached hydrogens (tertiary/aromatic N) is 6. The summed E-state index contributed by atoms with van der Waals surface area (Å²) in [4.78, 5) is 58.7. The molecule has 20 heteroatoms. The largest absolute Gasteiger partial charge is 0.481 e. The molecule has 0 saturated carbocycles. The Labute approximate surface area is 231 Å². The fourth-order valence-corrected chi connectivity index (χ4v) is 6.69. The number of tetrazole rings is 1. The number of amides is 3. The predicted molar refractivity (Wildman–Crippen MR) is 132 cm³/mol. The summed E-state index contributed by atoms with van der Waals surface area (Å²) in [6, 6.07) is 2.87. The lowest BCUT2D eigenvalue weighted by Crippen LogP contribution is -2.74. The summed E-state index contributed by atoms with van der Waals surface area (Å²) in [7, 11) is 0. The van der Waals surface area contributed by atoms with E-state index in [-0.39, 0.29) is 23.8 Å². The van der Waals surface area contributed by atoms with Gasteiger partial charge in [0.2, 0.25) is 24.1 Å². The lowest BCUT2D eigenvalue weighted by atomic mass is 9.84. The lowest BCUT2D eigenvalue weighted by Gasteiger charge is -2.54. The van der Waals surface area contributed by atoms with Crippen molar-refractivity contribution in [3.05, 3.63) is 23.9 Å². The molecule has 3 unspecified atom stereocenters. The van der Waals surface area contributed by atoms with Gasteiger partial charge in [0, 0.05) is 17.5 Å². The Hall–Kier alpha value is -3.94. The molecule has 2 aliphatic heterocycles. The number of anilines is 1. The summed E-state index contributed by atoms with van der Waals surface area (Å²) in [5.41, 5.74) is -2.27. The van der Waals surface area contributed by atoms with Crippen molar-refractivity contribution in [1.82, 2.24) is 35.8 Å². The number of nitrogens with one attached hydrogen (secondary N) is 3. The van der Waals surface area contributed by atoms with E-state index in [0.29, 0.717) is 11.6 Å². The molecule has 214 valence electrons. The zero-order chi connectivity index (χ0) is 29.1. The molecule has 4 heterocycles. The molecule has 4 atom stereocenters. The van der Waals surface area contributed by atoms with Crippen molar-refractivity contribution in [2.24, 2.45) is 10.6 Å². The highest BCUT2D eigenvalue weighted by molar-refractivity contribution is 8.01. The number of aromatic amines is 1. The molecule has 2 fully saturated rings. The van der Waals surface area contributed by atoms with Gasteiger partial charge in [-0.1, -0.05) is 29.9 Å². The molecular formula is C20H20F3N9O6S2. The van der Waals surface area contributed by atoms with Crippen molar-refractivity contribution in [1.29, 1.82) is 0 Å². The number of fused-ring (bicyclic) bond motifs is 1. The van der Waals surface area contributed by atoms with Gasteiger partial charge >= 0.3 is 12.1 Å². The van der Waals surface area contributed by atoms with Gasteiger partial charge in [0.05, 0.1) is 0 Å². The van der Waals surface area contributed by atoms with E-state index in [0.717, 1.165) is 23.5 Å². The van der Waals surface area contributed by atoms with Crippen LogP contribution in [0.25, 0.3) is 0 Å². The number of halogens is 3. The summed E-state index contributed by atoms with van der Waals surface area (Å²) >= 11 is 2.23. The smallest absolute Gasteiger partial charge is 0.425 e. The summed E-state index contributed by atoms with van der Waals surface area (Å²) < 4.78 is 37.8. The highest BCUT2D eigenvalue weighted by atomic mass is 32.2. The van der Waals surface area contributed by atoms with Gasteiger partial charge in [-0.2, -0.15) is 13.2 Å². The van der Waals surface area contributed by atoms with Crippen LogP contribution in [0.4, 0.5) is 19.0 Å². The number of β-lactam (4-membered cyclic amide) rings is 1. The number of aromatic nitrogens is 5. The molecule has 0 aliphatic carbocycles. The topological polar surface area (TPSA) is 205 Å². The minimum atomic E-state index is -4.74. The number of carboxylic acids is 1. The molecule has 0 radical (unpaired) electrons. The van der Waals surface area contributed by atoms with E-state index in [1.54, 1.807) is 6.92 Å². The van der Waals surface area contributed by atoms with Crippen LogP contribution in [-0.4, -0.2) is 107 Å². The van der Waals surface area contributed by atoms with E-state index in [2.05, 4.69) is 46.2 Å². The number of pyridine rings is 1.